The first-order valence-corrected chi connectivity index (χ1v) is 4.83. The fourth-order valence-corrected chi connectivity index (χ4v) is 1.47. The fourth-order valence-electron chi connectivity index (χ4n) is 1.47. The standard InChI is InChI=1S/C12H12O2/c1-2-5-10(13)12-8-9-6-3-4-7-11(9)14-12/h3-4,6-8H,2,5H2,1H3. The van der Waals surface area contributed by atoms with Gasteiger partial charge in [-0.1, -0.05) is 25.1 Å². The van der Waals surface area contributed by atoms with Gasteiger partial charge in [0.25, 0.3) is 0 Å². The van der Waals surface area contributed by atoms with Crippen LogP contribution in [0.5, 0.6) is 0 Å². The Morgan fingerprint density at radius 1 is 1.36 bits per heavy atom. The van der Waals surface area contributed by atoms with Gasteiger partial charge in [-0.05, 0) is 18.6 Å². The van der Waals surface area contributed by atoms with Crippen LogP contribution in [0.2, 0.25) is 0 Å². The van der Waals surface area contributed by atoms with E-state index in [-0.39, 0.29) is 5.78 Å². The molecule has 0 fully saturated rings. The van der Waals surface area contributed by atoms with Crippen molar-refractivity contribution in [2.45, 2.75) is 19.8 Å². The minimum atomic E-state index is 0.0868. The molecule has 0 aliphatic heterocycles. The number of para-hydroxylation sites is 1. The lowest BCUT2D eigenvalue weighted by Crippen LogP contribution is -1.94. The number of hydrogen-bond acceptors (Lipinski definition) is 2. The molecular weight excluding hydrogens is 176 g/mol. The maximum atomic E-state index is 11.5. The monoisotopic (exact) mass is 188 g/mol. The molecule has 0 saturated carbocycles. The van der Waals surface area contributed by atoms with Crippen LogP contribution < -0.4 is 0 Å². The van der Waals surface area contributed by atoms with Crippen LogP contribution in [0.1, 0.15) is 30.3 Å². The van der Waals surface area contributed by atoms with E-state index in [2.05, 4.69) is 0 Å². The van der Waals surface area contributed by atoms with Crippen LogP contribution in [0.4, 0.5) is 0 Å². The summed E-state index contributed by atoms with van der Waals surface area (Å²) < 4.78 is 5.43. The van der Waals surface area contributed by atoms with Crippen molar-refractivity contribution in [3.8, 4) is 0 Å². The first-order valence-electron chi connectivity index (χ1n) is 4.83. The summed E-state index contributed by atoms with van der Waals surface area (Å²) in [6.45, 7) is 1.99. The Morgan fingerprint density at radius 3 is 2.86 bits per heavy atom. The molecule has 2 aromatic rings. The Morgan fingerprint density at radius 2 is 2.14 bits per heavy atom. The highest BCUT2D eigenvalue weighted by atomic mass is 16.3. The molecule has 0 unspecified atom stereocenters. The molecule has 1 aromatic heterocycles. The van der Waals surface area contributed by atoms with Gasteiger partial charge in [0.2, 0.25) is 0 Å². The van der Waals surface area contributed by atoms with Crippen molar-refractivity contribution in [2.75, 3.05) is 0 Å². The van der Waals surface area contributed by atoms with E-state index < -0.39 is 0 Å². The summed E-state index contributed by atoms with van der Waals surface area (Å²) in [4.78, 5) is 11.5. The van der Waals surface area contributed by atoms with Crippen LogP contribution >= 0.6 is 0 Å². The topological polar surface area (TPSA) is 30.2 Å². The zero-order valence-electron chi connectivity index (χ0n) is 8.12. The van der Waals surface area contributed by atoms with Gasteiger partial charge in [-0.2, -0.15) is 0 Å². The lowest BCUT2D eigenvalue weighted by Gasteiger charge is -1.90. The van der Waals surface area contributed by atoms with Gasteiger partial charge >= 0.3 is 0 Å². The van der Waals surface area contributed by atoms with Crippen molar-refractivity contribution in [3.05, 3.63) is 36.1 Å². The highest BCUT2D eigenvalue weighted by Gasteiger charge is 2.10. The van der Waals surface area contributed by atoms with Crippen LogP contribution in [0.15, 0.2) is 34.7 Å². The van der Waals surface area contributed by atoms with E-state index in [4.69, 9.17) is 4.42 Å². The fraction of sp³-hybridized carbons (Fsp3) is 0.250. The number of Topliss-reactive ketones (excluding diaryl/α,β-unsaturated/α-hetero) is 1. The summed E-state index contributed by atoms with van der Waals surface area (Å²) in [5.74, 6) is 0.566. The molecule has 0 saturated heterocycles. The lowest BCUT2D eigenvalue weighted by atomic mass is 10.2. The summed E-state index contributed by atoms with van der Waals surface area (Å²) in [6, 6.07) is 9.47. The van der Waals surface area contributed by atoms with Crippen molar-refractivity contribution in [1.29, 1.82) is 0 Å². The Kier molecular flexibility index (Phi) is 2.35. The molecule has 0 spiro atoms. The van der Waals surface area contributed by atoms with Crippen LogP contribution in [-0.4, -0.2) is 5.78 Å². The van der Waals surface area contributed by atoms with Gasteiger partial charge in [0.1, 0.15) is 5.58 Å². The highest BCUT2D eigenvalue weighted by Crippen LogP contribution is 2.19. The number of carbonyl (C=O) groups is 1. The zero-order valence-corrected chi connectivity index (χ0v) is 8.12. The Bertz CT molecular complexity index is 421. The second kappa shape index (κ2) is 3.66. The van der Waals surface area contributed by atoms with Crippen molar-refractivity contribution in [1.82, 2.24) is 0 Å². The third-order valence-electron chi connectivity index (χ3n) is 2.18. The maximum Gasteiger partial charge on any atom is 0.198 e. The van der Waals surface area contributed by atoms with Gasteiger partial charge in [0, 0.05) is 11.8 Å². The van der Waals surface area contributed by atoms with Crippen molar-refractivity contribution in [2.24, 2.45) is 0 Å². The van der Waals surface area contributed by atoms with Gasteiger partial charge in [0.05, 0.1) is 0 Å². The zero-order chi connectivity index (χ0) is 9.97. The summed E-state index contributed by atoms with van der Waals surface area (Å²) in [5, 5.41) is 0.993. The molecule has 2 rings (SSSR count). The minimum Gasteiger partial charge on any atom is -0.453 e. The number of ketones is 1. The number of fused-ring (bicyclic) bond motifs is 1. The third kappa shape index (κ3) is 1.55. The molecule has 0 amide bonds. The Balaban J connectivity index is 2.40. The summed E-state index contributed by atoms with van der Waals surface area (Å²) >= 11 is 0. The minimum absolute atomic E-state index is 0.0868. The lowest BCUT2D eigenvalue weighted by molar-refractivity contribution is 0.0957. The van der Waals surface area contributed by atoms with E-state index in [1.165, 1.54) is 0 Å². The highest BCUT2D eigenvalue weighted by molar-refractivity contribution is 5.97. The first kappa shape index (κ1) is 9.00. The predicted molar refractivity (Wildman–Crippen MR) is 55.5 cm³/mol. The van der Waals surface area contributed by atoms with Crippen LogP contribution in [-0.2, 0) is 0 Å². The van der Waals surface area contributed by atoms with E-state index in [1.54, 1.807) is 0 Å². The number of rotatable bonds is 3. The van der Waals surface area contributed by atoms with E-state index in [9.17, 15) is 4.79 Å². The average molecular weight is 188 g/mol. The molecule has 1 aromatic carbocycles. The first-order chi connectivity index (χ1) is 6.81. The van der Waals surface area contributed by atoms with Crippen LogP contribution in [0.3, 0.4) is 0 Å². The number of carbonyl (C=O) groups excluding carboxylic acids is 1. The largest absolute Gasteiger partial charge is 0.453 e. The molecule has 2 heteroatoms. The molecule has 0 N–H and O–H groups in total. The van der Waals surface area contributed by atoms with E-state index in [0.717, 1.165) is 17.4 Å². The molecular formula is C12H12O2. The van der Waals surface area contributed by atoms with Gasteiger partial charge in [-0.3, -0.25) is 4.79 Å². The van der Waals surface area contributed by atoms with E-state index >= 15 is 0 Å². The number of hydrogen-bond donors (Lipinski definition) is 0. The number of benzene rings is 1. The van der Waals surface area contributed by atoms with E-state index in [1.807, 2.05) is 37.3 Å². The molecule has 0 bridgehead atoms. The van der Waals surface area contributed by atoms with Gasteiger partial charge < -0.3 is 4.42 Å². The predicted octanol–water partition coefficient (Wildman–Crippen LogP) is 3.42. The average Bonchev–Trinajstić information content (AvgIpc) is 2.61. The second-order valence-corrected chi connectivity index (χ2v) is 3.32. The second-order valence-electron chi connectivity index (χ2n) is 3.32. The Labute approximate surface area is 82.5 Å². The molecule has 72 valence electrons. The number of furan rings is 1. The molecule has 0 aliphatic rings. The smallest absolute Gasteiger partial charge is 0.198 e. The molecule has 2 nitrogen and oxygen atoms in total. The van der Waals surface area contributed by atoms with Crippen molar-refractivity contribution in [3.63, 3.8) is 0 Å². The van der Waals surface area contributed by atoms with Crippen LogP contribution in [0, 0.1) is 0 Å². The van der Waals surface area contributed by atoms with Crippen molar-refractivity contribution < 1.29 is 9.21 Å². The van der Waals surface area contributed by atoms with Crippen molar-refractivity contribution >= 4 is 16.8 Å². The maximum absolute atomic E-state index is 11.5. The van der Waals surface area contributed by atoms with Gasteiger partial charge in [-0.25, -0.2) is 0 Å². The van der Waals surface area contributed by atoms with E-state index in [0.29, 0.717) is 12.2 Å². The quantitative estimate of drug-likeness (QED) is 0.691. The molecule has 14 heavy (non-hydrogen) atoms. The van der Waals surface area contributed by atoms with Gasteiger partial charge in [-0.15, -0.1) is 0 Å². The molecule has 1 heterocycles. The SMILES string of the molecule is CCCC(=O)c1cc2ccccc2o1. The summed E-state index contributed by atoms with van der Waals surface area (Å²) in [6.07, 6.45) is 1.41. The third-order valence-corrected chi connectivity index (χ3v) is 2.18. The van der Waals surface area contributed by atoms with Gasteiger partial charge in [0.15, 0.2) is 11.5 Å². The summed E-state index contributed by atoms with van der Waals surface area (Å²) in [5.41, 5.74) is 0.784. The summed E-state index contributed by atoms with van der Waals surface area (Å²) in [7, 11) is 0. The Hall–Kier alpha value is -1.57. The molecule has 0 aliphatic carbocycles. The molecule has 0 atom stereocenters. The molecule has 0 radical (unpaired) electrons. The van der Waals surface area contributed by atoms with Crippen LogP contribution in [0.25, 0.3) is 11.0 Å². The normalized spacial score (nSPS) is 10.6.